The van der Waals surface area contributed by atoms with Crippen LogP contribution < -0.4 is 16.4 Å². The predicted molar refractivity (Wildman–Crippen MR) is 93.9 cm³/mol. The summed E-state index contributed by atoms with van der Waals surface area (Å²) in [5.41, 5.74) is 7.04. The molecule has 0 saturated carbocycles. The molecule has 24 heavy (non-hydrogen) atoms. The highest BCUT2D eigenvalue weighted by molar-refractivity contribution is 7.14. The van der Waals surface area contributed by atoms with Gasteiger partial charge in [0, 0.05) is 23.6 Å². The van der Waals surface area contributed by atoms with Crippen LogP contribution in [0.1, 0.15) is 36.2 Å². The van der Waals surface area contributed by atoms with Gasteiger partial charge in [-0.15, -0.1) is 11.3 Å². The number of aromatic nitrogens is 2. The van der Waals surface area contributed by atoms with Crippen LogP contribution in [0.25, 0.3) is 11.3 Å². The van der Waals surface area contributed by atoms with Crippen LogP contribution in [0.3, 0.4) is 0 Å². The smallest absolute Gasteiger partial charge is 0.265 e. The monoisotopic (exact) mass is 347 g/mol. The van der Waals surface area contributed by atoms with E-state index >= 15 is 0 Å². The molecule has 8 heteroatoms. The number of carbonyl (C=O) groups excluding carboxylic acids is 2. The van der Waals surface area contributed by atoms with Crippen LogP contribution in [0.15, 0.2) is 17.6 Å². The van der Waals surface area contributed by atoms with E-state index in [4.69, 9.17) is 5.73 Å². The van der Waals surface area contributed by atoms with E-state index in [1.807, 2.05) is 5.38 Å². The molecule has 1 saturated heterocycles. The van der Waals surface area contributed by atoms with Crippen LogP contribution in [-0.2, 0) is 4.79 Å². The van der Waals surface area contributed by atoms with Gasteiger partial charge in [0.05, 0.1) is 5.69 Å². The minimum absolute atomic E-state index is 0.00123. The number of thiazole rings is 1. The molecule has 0 spiro atoms. The van der Waals surface area contributed by atoms with Gasteiger partial charge >= 0.3 is 0 Å². The second-order valence-corrected chi connectivity index (χ2v) is 6.84. The number of carbonyl (C=O) groups is 2. The van der Waals surface area contributed by atoms with Gasteiger partial charge in [0.2, 0.25) is 5.91 Å². The van der Waals surface area contributed by atoms with Crippen LogP contribution in [-0.4, -0.2) is 34.9 Å². The quantitative estimate of drug-likeness (QED) is 0.639. The highest BCUT2D eigenvalue weighted by Crippen LogP contribution is 2.26. The molecule has 5 N–H and O–H groups in total. The van der Waals surface area contributed by atoms with E-state index in [2.05, 4.69) is 20.6 Å². The Labute approximate surface area is 144 Å². The van der Waals surface area contributed by atoms with E-state index < -0.39 is 5.91 Å². The van der Waals surface area contributed by atoms with E-state index in [-0.39, 0.29) is 5.91 Å². The summed E-state index contributed by atoms with van der Waals surface area (Å²) in [6.45, 7) is 2.10. The fraction of sp³-hybridized carbons (Fsp3) is 0.438. The standard InChI is InChI=1S/C16H21N5O2S/c17-15(23)12-7-11(8-19-12)13-9-24-16(20-13)21-14(22)2-1-10-3-5-18-6-4-10/h7-10,18-19H,1-6H2,(H2,17,23)(H,20,21,22). The maximum Gasteiger partial charge on any atom is 0.265 e. The second kappa shape index (κ2) is 7.59. The zero-order valence-corrected chi connectivity index (χ0v) is 14.1. The van der Waals surface area contributed by atoms with Crippen LogP contribution in [0.5, 0.6) is 0 Å². The third-order valence-corrected chi connectivity index (χ3v) is 4.99. The molecule has 0 bridgehead atoms. The average molecular weight is 347 g/mol. The van der Waals surface area contributed by atoms with Crippen molar-refractivity contribution in [3.8, 4) is 11.3 Å². The molecule has 0 atom stereocenters. The topological polar surface area (TPSA) is 113 Å². The zero-order chi connectivity index (χ0) is 16.9. The lowest BCUT2D eigenvalue weighted by Crippen LogP contribution is -2.28. The molecule has 1 fully saturated rings. The summed E-state index contributed by atoms with van der Waals surface area (Å²) in [4.78, 5) is 30.4. The Kier molecular flexibility index (Phi) is 5.27. The first-order valence-corrected chi connectivity index (χ1v) is 8.94. The molecule has 1 aliphatic heterocycles. The van der Waals surface area contributed by atoms with E-state index in [0.29, 0.717) is 28.9 Å². The van der Waals surface area contributed by atoms with Gasteiger partial charge in [0.15, 0.2) is 5.13 Å². The Bertz CT molecular complexity index is 718. The van der Waals surface area contributed by atoms with Crippen LogP contribution in [0.2, 0.25) is 0 Å². The number of hydrogen-bond acceptors (Lipinski definition) is 5. The number of H-pyrrole nitrogens is 1. The Hall–Kier alpha value is -2.19. The van der Waals surface area contributed by atoms with Crippen molar-refractivity contribution >= 4 is 28.3 Å². The Morgan fingerprint density at radius 2 is 2.17 bits per heavy atom. The van der Waals surface area contributed by atoms with Crippen LogP contribution in [0.4, 0.5) is 5.13 Å². The summed E-state index contributed by atoms with van der Waals surface area (Å²) in [7, 11) is 0. The molecular formula is C16H21N5O2S. The van der Waals surface area contributed by atoms with Gasteiger partial charge in [-0.1, -0.05) is 0 Å². The maximum absolute atomic E-state index is 12.1. The molecule has 0 unspecified atom stereocenters. The molecular weight excluding hydrogens is 326 g/mol. The number of nitrogens with one attached hydrogen (secondary N) is 3. The van der Waals surface area contributed by atoms with E-state index in [1.165, 1.54) is 11.3 Å². The first-order valence-electron chi connectivity index (χ1n) is 8.06. The number of nitrogens with two attached hydrogens (primary N) is 1. The van der Waals surface area contributed by atoms with Crippen molar-refractivity contribution in [3.05, 3.63) is 23.3 Å². The zero-order valence-electron chi connectivity index (χ0n) is 13.3. The van der Waals surface area contributed by atoms with Gasteiger partial charge < -0.3 is 21.4 Å². The number of primary amides is 1. The van der Waals surface area contributed by atoms with Gasteiger partial charge in [-0.3, -0.25) is 9.59 Å². The number of piperidine rings is 1. The molecule has 2 aromatic heterocycles. The molecule has 3 rings (SSSR count). The maximum atomic E-state index is 12.1. The second-order valence-electron chi connectivity index (χ2n) is 5.98. The summed E-state index contributed by atoms with van der Waals surface area (Å²) < 4.78 is 0. The molecule has 2 aromatic rings. The average Bonchev–Trinajstić information content (AvgIpc) is 3.23. The minimum Gasteiger partial charge on any atom is -0.364 e. The molecule has 7 nitrogen and oxygen atoms in total. The normalized spacial score (nSPS) is 15.3. The van der Waals surface area contributed by atoms with E-state index in [0.717, 1.165) is 37.9 Å². The Morgan fingerprint density at radius 1 is 1.38 bits per heavy atom. The Balaban J connectivity index is 1.53. The lowest BCUT2D eigenvalue weighted by molar-refractivity contribution is -0.116. The fourth-order valence-corrected chi connectivity index (χ4v) is 3.57. The van der Waals surface area contributed by atoms with Crippen molar-refractivity contribution in [2.75, 3.05) is 18.4 Å². The number of rotatable bonds is 6. The van der Waals surface area contributed by atoms with Crippen molar-refractivity contribution in [2.24, 2.45) is 11.7 Å². The van der Waals surface area contributed by atoms with E-state index in [1.54, 1.807) is 12.3 Å². The lowest BCUT2D eigenvalue weighted by atomic mass is 9.93. The summed E-state index contributed by atoms with van der Waals surface area (Å²) in [6, 6.07) is 1.65. The van der Waals surface area contributed by atoms with Gasteiger partial charge in [-0.05, 0) is 44.3 Å². The summed E-state index contributed by atoms with van der Waals surface area (Å²) in [6.07, 6.45) is 5.41. The molecule has 2 amide bonds. The third-order valence-electron chi connectivity index (χ3n) is 4.23. The lowest BCUT2D eigenvalue weighted by Gasteiger charge is -2.21. The highest BCUT2D eigenvalue weighted by Gasteiger charge is 2.15. The van der Waals surface area contributed by atoms with Gasteiger partial charge in [-0.25, -0.2) is 4.98 Å². The number of aromatic amines is 1. The molecule has 0 aliphatic carbocycles. The van der Waals surface area contributed by atoms with Gasteiger partial charge in [0.1, 0.15) is 5.69 Å². The van der Waals surface area contributed by atoms with Crippen LogP contribution >= 0.6 is 11.3 Å². The SMILES string of the molecule is NC(=O)c1cc(-c2csc(NC(=O)CCC3CCNCC3)n2)c[nH]1. The van der Waals surface area contributed by atoms with Gasteiger partial charge in [-0.2, -0.15) is 0 Å². The summed E-state index contributed by atoms with van der Waals surface area (Å²) in [5, 5.41) is 8.60. The predicted octanol–water partition coefficient (Wildman–Crippen LogP) is 1.96. The summed E-state index contributed by atoms with van der Waals surface area (Å²) >= 11 is 1.37. The highest BCUT2D eigenvalue weighted by atomic mass is 32.1. The fourth-order valence-electron chi connectivity index (χ4n) is 2.84. The Morgan fingerprint density at radius 3 is 2.88 bits per heavy atom. The van der Waals surface area contributed by atoms with Crippen molar-refractivity contribution in [3.63, 3.8) is 0 Å². The van der Waals surface area contributed by atoms with Crippen LogP contribution in [0, 0.1) is 5.92 Å². The molecule has 128 valence electrons. The molecule has 0 aromatic carbocycles. The van der Waals surface area contributed by atoms with Crippen molar-refractivity contribution in [1.29, 1.82) is 0 Å². The largest absolute Gasteiger partial charge is 0.364 e. The van der Waals surface area contributed by atoms with Crippen molar-refractivity contribution in [2.45, 2.75) is 25.7 Å². The molecule has 3 heterocycles. The third kappa shape index (κ3) is 4.21. The molecule has 1 aliphatic rings. The summed E-state index contributed by atoms with van der Waals surface area (Å²) in [5.74, 6) is 0.125. The number of amides is 2. The minimum atomic E-state index is -0.511. The van der Waals surface area contributed by atoms with Crippen molar-refractivity contribution in [1.82, 2.24) is 15.3 Å². The first kappa shape index (κ1) is 16.7. The van der Waals surface area contributed by atoms with Gasteiger partial charge in [0.25, 0.3) is 5.91 Å². The first-order chi connectivity index (χ1) is 11.6. The van der Waals surface area contributed by atoms with E-state index in [9.17, 15) is 9.59 Å². The number of hydrogen-bond donors (Lipinski definition) is 4. The number of anilines is 1. The number of nitrogens with zero attached hydrogens (tertiary/aromatic N) is 1. The molecule has 0 radical (unpaired) electrons. The van der Waals surface area contributed by atoms with Crippen molar-refractivity contribution < 1.29 is 9.59 Å².